The van der Waals surface area contributed by atoms with Crippen molar-refractivity contribution in [1.29, 1.82) is 0 Å². The Balaban J connectivity index is 2.96. The Hall–Kier alpha value is -1.76. The number of hydrogen-bond donors (Lipinski definition) is 2. The molecule has 0 saturated heterocycles. The van der Waals surface area contributed by atoms with Gasteiger partial charge >= 0.3 is 12.1 Å². The van der Waals surface area contributed by atoms with Crippen LogP contribution in [0.4, 0.5) is 19.0 Å². The molecule has 0 amide bonds. The summed E-state index contributed by atoms with van der Waals surface area (Å²) in [6, 6.07) is -0.372. The Kier molecular flexibility index (Phi) is 4.77. The van der Waals surface area contributed by atoms with Gasteiger partial charge in [0.15, 0.2) is 0 Å². The Morgan fingerprint density at radius 3 is 2.68 bits per heavy atom. The van der Waals surface area contributed by atoms with Crippen LogP contribution in [-0.2, 0) is 11.0 Å². The molecule has 1 unspecified atom stereocenters. The van der Waals surface area contributed by atoms with Crippen LogP contribution in [0.5, 0.6) is 0 Å². The number of hydrogen-bond acceptors (Lipinski definition) is 3. The van der Waals surface area contributed by atoms with Crippen LogP contribution in [0.3, 0.4) is 0 Å². The summed E-state index contributed by atoms with van der Waals surface area (Å²) >= 11 is 5.64. The van der Waals surface area contributed by atoms with Crippen molar-refractivity contribution in [3.8, 4) is 0 Å². The zero-order valence-corrected chi connectivity index (χ0v) is 10.3. The zero-order chi connectivity index (χ0) is 14.6. The topological polar surface area (TPSA) is 62.2 Å². The van der Waals surface area contributed by atoms with Gasteiger partial charge in [-0.25, -0.2) is 9.78 Å². The Bertz CT molecular complexity index is 491. The van der Waals surface area contributed by atoms with Crippen LogP contribution in [0.15, 0.2) is 24.9 Å². The highest BCUT2D eigenvalue weighted by atomic mass is 35.5. The second-order valence-corrected chi connectivity index (χ2v) is 4.02. The lowest BCUT2D eigenvalue weighted by molar-refractivity contribution is -0.138. The van der Waals surface area contributed by atoms with Gasteiger partial charge in [0.1, 0.15) is 11.9 Å². The lowest BCUT2D eigenvalue weighted by atomic mass is 10.2. The first-order chi connectivity index (χ1) is 8.75. The standard InChI is InChI=1S/C11H10ClF3N2O2/c1-2-3-8(10(18)19)17-9-7(12)4-6(5-16-9)11(13,14)15/h2,4-5,8H,1,3H2,(H,16,17)(H,18,19). The third-order valence-electron chi connectivity index (χ3n) is 2.18. The molecule has 0 saturated carbocycles. The summed E-state index contributed by atoms with van der Waals surface area (Å²) in [5.41, 5.74) is -1.00. The van der Waals surface area contributed by atoms with E-state index in [1.165, 1.54) is 6.08 Å². The highest BCUT2D eigenvalue weighted by Gasteiger charge is 2.31. The van der Waals surface area contributed by atoms with Crippen molar-refractivity contribution in [3.05, 3.63) is 35.5 Å². The molecular weight excluding hydrogens is 285 g/mol. The van der Waals surface area contributed by atoms with Gasteiger partial charge in [0.25, 0.3) is 0 Å². The van der Waals surface area contributed by atoms with Crippen molar-refractivity contribution >= 4 is 23.4 Å². The second kappa shape index (κ2) is 5.92. The molecule has 0 aliphatic heterocycles. The average molecular weight is 295 g/mol. The lowest BCUT2D eigenvalue weighted by Crippen LogP contribution is -2.29. The molecule has 8 heteroatoms. The Morgan fingerprint density at radius 1 is 1.63 bits per heavy atom. The van der Waals surface area contributed by atoms with Gasteiger partial charge in [0, 0.05) is 6.20 Å². The van der Waals surface area contributed by atoms with Crippen molar-refractivity contribution in [2.75, 3.05) is 5.32 Å². The molecule has 0 bridgehead atoms. The molecule has 1 heterocycles. The Labute approximate surface area is 111 Å². The minimum absolute atomic E-state index is 0.0777. The van der Waals surface area contributed by atoms with Gasteiger partial charge < -0.3 is 10.4 Å². The van der Waals surface area contributed by atoms with Gasteiger partial charge in [-0.15, -0.1) is 6.58 Å². The van der Waals surface area contributed by atoms with Crippen molar-refractivity contribution in [3.63, 3.8) is 0 Å². The number of carbonyl (C=O) groups is 1. The van der Waals surface area contributed by atoms with E-state index in [9.17, 15) is 18.0 Å². The monoisotopic (exact) mass is 294 g/mol. The molecule has 0 aromatic carbocycles. The van der Waals surface area contributed by atoms with E-state index >= 15 is 0 Å². The fourth-order valence-electron chi connectivity index (χ4n) is 1.25. The number of nitrogens with zero attached hydrogens (tertiary/aromatic N) is 1. The molecule has 1 aromatic rings. The maximum Gasteiger partial charge on any atom is 0.417 e. The number of halogens is 4. The predicted octanol–water partition coefficient (Wildman–Crippen LogP) is 3.20. The maximum atomic E-state index is 12.4. The number of rotatable bonds is 5. The van der Waals surface area contributed by atoms with Crippen LogP contribution in [0.1, 0.15) is 12.0 Å². The van der Waals surface area contributed by atoms with Gasteiger partial charge in [-0.3, -0.25) is 0 Å². The number of anilines is 1. The molecule has 1 atom stereocenters. The summed E-state index contributed by atoms with van der Waals surface area (Å²) in [5, 5.41) is 11.0. The molecule has 1 rings (SSSR count). The van der Waals surface area contributed by atoms with Crippen LogP contribution in [0, 0.1) is 0 Å². The fraction of sp³-hybridized carbons (Fsp3) is 0.273. The largest absolute Gasteiger partial charge is 0.480 e. The summed E-state index contributed by atoms with van der Waals surface area (Å²) < 4.78 is 37.2. The molecule has 0 radical (unpaired) electrons. The SMILES string of the molecule is C=CCC(Nc1ncc(C(F)(F)F)cc1Cl)C(=O)O. The quantitative estimate of drug-likeness (QED) is 0.819. The molecule has 0 spiro atoms. The molecule has 1 aromatic heterocycles. The third kappa shape index (κ3) is 4.13. The zero-order valence-electron chi connectivity index (χ0n) is 9.54. The molecule has 19 heavy (non-hydrogen) atoms. The first kappa shape index (κ1) is 15.3. The lowest BCUT2D eigenvalue weighted by Gasteiger charge is -2.15. The molecule has 0 fully saturated rings. The molecule has 2 N–H and O–H groups in total. The number of carboxylic acid groups (broad SMARTS) is 1. The first-order valence-corrected chi connectivity index (χ1v) is 5.46. The minimum Gasteiger partial charge on any atom is -0.480 e. The van der Waals surface area contributed by atoms with E-state index in [-0.39, 0.29) is 17.3 Å². The average Bonchev–Trinajstić information content (AvgIpc) is 2.29. The summed E-state index contributed by atoms with van der Waals surface area (Å²) in [6.07, 6.45) is -2.53. The van der Waals surface area contributed by atoms with Crippen LogP contribution in [-0.4, -0.2) is 22.1 Å². The van der Waals surface area contributed by atoms with Crippen LogP contribution in [0.2, 0.25) is 5.02 Å². The number of nitrogens with one attached hydrogen (secondary N) is 1. The highest BCUT2D eigenvalue weighted by molar-refractivity contribution is 6.33. The number of carboxylic acids is 1. The number of aromatic nitrogens is 1. The number of pyridine rings is 1. The van der Waals surface area contributed by atoms with Crippen LogP contribution < -0.4 is 5.32 Å². The van der Waals surface area contributed by atoms with Crippen LogP contribution >= 0.6 is 11.6 Å². The van der Waals surface area contributed by atoms with Crippen molar-refractivity contribution in [2.24, 2.45) is 0 Å². The van der Waals surface area contributed by atoms with E-state index in [1.54, 1.807) is 0 Å². The Morgan fingerprint density at radius 2 is 2.26 bits per heavy atom. The minimum atomic E-state index is -4.55. The second-order valence-electron chi connectivity index (χ2n) is 3.61. The van der Waals surface area contributed by atoms with E-state index in [2.05, 4.69) is 16.9 Å². The smallest absolute Gasteiger partial charge is 0.417 e. The van der Waals surface area contributed by atoms with Crippen molar-refractivity contribution in [1.82, 2.24) is 4.98 Å². The highest BCUT2D eigenvalue weighted by Crippen LogP contribution is 2.32. The molecular formula is C11H10ClF3N2O2. The van der Waals surface area contributed by atoms with E-state index in [0.717, 1.165) is 0 Å². The summed E-state index contributed by atoms with van der Waals surface area (Å²) in [7, 11) is 0. The predicted molar refractivity (Wildman–Crippen MR) is 64.1 cm³/mol. The van der Waals surface area contributed by atoms with Gasteiger partial charge in [0.05, 0.1) is 10.6 Å². The fourth-order valence-corrected chi connectivity index (χ4v) is 1.47. The van der Waals surface area contributed by atoms with Gasteiger partial charge in [-0.05, 0) is 12.5 Å². The van der Waals surface area contributed by atoms with E-state index in [1.807, 2.05) is 0 Å². The normalized spacial score (nSPS) is 12.8. The van der Waals surface area contributed by atoms with Crippen molar-refractivity contribution < 1.29 is 23.1 Å². The van der Waals surface area contributed by atoms with Gasteiger partial charge in [0.2, 0.25) is 0 Å². The number of alkyl halides is 3. The van der Waals surface area contributed by atoms with Crippen LogP contribution in [0.25, 0.3) is 0 Å². The molecule has 0 aliphatic carbocycles. The van der Waals surface area contributed by atoms with E-state index < -0.39 is 23.8 Å². The molecule has 4 nitrogen and oxygen atoms in total. The van der Waals surface area contributed by atoms with Gasteiger partial charge in [-0.2, -0.15) is 13.2 Å². The van der Waals surface area contributed by atoms with Crippen molar-refractivity contribution in [2.45, 2.75) is 18.6 Å². The third-order valence-corrected chi connectivity index (χ3v) is 2.47. The maximum absolute atomic E-state index is 12.4. The van der Waals surface area contributed by atoms with E-state index in [4.69, 9.17) is 16.7 Å². The molecule has 0 aliphatic rings. The molecule has 104 valence electrons. The van der Waals surface area contributed by atoms with E-state index in [0.29, 0.717) is 12.3 Å². The number of aliphatic carboxylic acids is 1. The van der Waals surface area contributed by atoms with Gasteiger partial charge in [-0.1, -0.05) is 17.7 Å². The summed E-state index contributed by atoms with van der Waals surface area (Å²) in [5.74, 6) is -1.30. The first-order valence-electron chi connectivity index (χ1n) is 5.08. The summed E-state index contributed by atoms with van der Waals surface area (Å²) in [6.45, 7) is 3.39. The summed E-state index contributed by atoms with van der Waals surface area (Å²) in [4.78, 5) is 14.4.